The van der Waals surface area contributed by atoms with Crippen LogP contribution < -0.4 is 9.88 Å². The monoisotopic (exact) mass is 255 g/mol. The van der Waals surface area contributed by atoms with Crippen LogP contribution in [-0.2, 0) is 4.79 Å². The number of carbonyl (C=O) groups is 1. The summed E-state index contributed by atoms with van der Waals surface area (Å²) in [5.74, 6) is -0.00593. The van der Waals surface area contributed by atoms with Crippen molar-refractivity contribution in [3.05, 3.63) is 59.9 Å². The molecule has 0 aliphatic heterocycles. The summed E-state index contributed by atoms with van der Waals surface area (Å²) in [7, 11) is 0. The number of aromatic nitrogens is 1. The third kappa shape index (κ3) is 2.99. The molecule has 1 aromatic carbocycles. The highest BCUT2D eigenvalue weighted by atomic mass is 16.2. The molecule has 2 aromatic rings. The van der Waals surface area contributed by atoms with Crippen LogP contribution in [0.2, 0.25) is 0 Å². The second kappa shape index (κ2) is 5.65. The molecule has 0 fully saturated rings. The summed E-state index contributed by atoms with van der Waals surface area (Å²) in [6.07, 6.45) is 3.80. The van der Waals surface area contributed by atoms with Crippen LogP contribution >= 0.6 is 0 Å². The van der Waals surface area contributed by atoms with Gasteiger partial charge in [-0.1, -0.05) is 24.3 Å². The van der Waals surface area contributed by atoms with Gasteiger partial charge >= 0.3 is 0 Å². The van der Waals surface area contributed by atoms with Crippen LogP contribution in [0.15, 0.2) is 48.8 Å². The highest BCUT2D eigenvalue weighted by Gasteiger charge is 2.22. The number of anilines is 1. The van der Waals surface area contributed by atoms with Crippen molar-refractivity contribution in [1.82, 2.24) is 0 Å². The number of pyridine rings is 1. The van der Waals surface area contributed by atoms with Crippen molar-refractivity contribution in [2.45, 2.75) is 26.8 Å². The number of carbonyl (C=O) groups excluding carboxylic acids is 1. The van der Waals surface area contributed by atoms with Gasteiger partial charge in [-0.25, -0.2) is 0 Å². The average molecular weight is 255 g/mol. The van der Waals surface area contributed by atoms with E-state index in [-0.39, 0.29) is 11.9 Å². The third-order valence-corrected chi connectivity index (χ3v) is 3.29. The highest BCUT2D eigenvalue weighted by Crippen LogP contribution is 2.20. The Hall–Kier alpha value is -2.16. The summed E-state index contributed by atoms with van der Waals surface area (Å²) in [6.45, 7) is 5.90. The molecule has 0 aliphatic carbocycles. The molecule has 0 radical (unpaired) electrons. The molecule has 3 heteroatoms. The summed E-state index contributed by atoms with van der Waals surface area (Å²) < 4.78 is 1.89. The van der Waals surface area contributed by atoms with E-state index in [4.69, 9.17) is 0 Å². The standard InChI is InChI=1S/C16H18N2O/c1-12-8-7-9-13(2)15(12)17-16(19)14(3)18-10-5-4-6-11-18/h4-11,14H,1-3H3/p+1/t14-/m1/s1. The number of nitrogens with one attached hydrogen (secondary N) is 1. The van der Waals surface area contributed by atoms with Gasteiger partial charge in [0.2, 0.25) is 6.04 Å². The van der Waals surface area contributed by atoms with Crippen molar-refractivity contribution in [3.8, 4) is 0 Å². The maximum atomic E-state index is 12.3. The minimum Gasteiger partial charge on any atom is -0.320 e. The van der Waals surface area contributed by atoms with Gasteiger partial charge < -0.3 is 5.32 Å². The third-order valence-electron chi connectivity index (χ3n) is 3.29. The van der Waals surface area contributed by atoms with Crippen LogP contribution in [0.5, 0.6) is 0 Å². The lowest BCUT2D eigenvalue weighted by molar-refractivity contribution is -0.705. The molecule has 0 bridgehead atoms. The normalized spacial score (nSPS) is 11.9. The zero-order valence-corrected chi connectivity index (χ0v) is 11.6. The van der Waals surface area contributed by atoms with Crippen LogP contribution in [0.4, 0.5) is 5.69 Å². The number of para-hydroxylation sites is 1. The zero-order valence-electron chi connectivity index (χ0n) is 11.6. The molecule has 2 rings (SSSR count). The molecule has 0 aliphatic rings. The smallest absolute Gasteiger partial charge is 0.293 e. The van der Waals surface area contributed by atoms with Gasteiger partial charge in [-0.2, -0.15) is 4.57 Å². The van der Waals surface area contributed by atoms with Crippen LogP contribution in [0.3, 0.4) is 0 Å². The Morgan fingerprint density at radius 2 is 1.63 bits per heavy atom. The van der Waals surface area contributed by atoms with Crippen molar-refractivity contribution in [1.29, 1.82) is 0 Å². The summed E-state index contributed by atoms with van der Waals surface area (Å²) in [4.78, 5) is 12.3. The average Bonchev–Trinajstić information content (AvgIpc) is 2.43. The van der Waals surface area contributed by atoms with E-state index in [0.717, 1.165) is 16.8 Å². The molecule has 3 nitrogen and oxygen atoms in total. The maximum absolute atomic E-state index is 12.3. The van der Waals surface area contributed by atoms with E-state index < -0.39 is 0 Å². The highest BCUT2D eigenvalue weighted by molar-refractivity contribution is 5.93. The molecule has 1 aromatic heterocycles. The summed E-state index contributed by atoms with van der Waals surface area (Å²) in [5, 5.41) is 3.02. The summed E-state index contributed by atoms with van der Waals surface area (Å²) in [5.41, 5.74) is 3.08. The number of hydrogen-bond donors (Lipinski definition) is 1. The van der Waals surface area contributed by atoms with Gasteiger partial charge in [-0.15, -0.1) is 0 Å². The zero-order chi connectivity index (χ0) is 13.8. The number of hydrogen-bond acceptors (Lipinski definition) is 1. The Balaban J connectivity index is 2.18. The fourth-order valence-corrected chi connectivity index (χ4v) is 2.04. The van der Waals surface area contributed by atoms with Gasteiger partial charge in [-0.3, -0.25) is 4.79 Å². The van der Waals surface area contributed by atoms with Gasteiger partial charge in [0.25, 0.3) is 5.91 Å². The Kier molecular flexibility index (Phi) is 3.95. The summed E-state index contributed by atoms with van der Waals surface area (Å²) >= 11 is 0. The second-order valence-electron chi connectivity index (χ2n) is 4.75. The van der Waals surface area contributed by atoms with Crippen molar-refractivity contribution in [3.63, 3.8) is 0 Å². The first-order chi connectivity index (χ1) is 9.09. The van der Waals surface area contributed by atoms with Crippen LogP contribution in [0.25, 0.3) is 0 Å². The molecule has 19 heavy (non-hydrogen) atoms. The SMILES string of the molecule is Cc1cccc(C)c1NC(=O)[C@@H](C)[n+]1ccccc1. The van der Waals surface area contributed by atoms with Crippen molar-refractivity contribution in [2.75, 3.05) is 5.32 Å². The topological polar surface area (TPSA) is 33.0 Å². The molecule has 1 heterocycles. The molecule has 0 saturated heterocycles. The van der Waals surface area contributed by atoms with E-state index in [9.17, 15) is 4.79 Å². The maximum Gasteiger partial charge on any atom is 0.293 e. The largest absolute Gasteiger partial charge is 0.320 e. The number of nitrogens with zero attached hydrogens (tertiary/aromatic N) is 1. The summed E-state index contributed by atoms with van der Waals surface area (Å²) in [6, 6.07) is 11.5. The second-order valence-corrected chi connectivity index (χ2v) is 4.75. The van der Waals surface area contributed by atoms with Crippen LogP contribution in [0, 0.1) is 13.8 Å². The Bertz CT molecular complexity index is 558. The van der Waals surface area contributed by atoms with Gasteiger partial charge in [0, 0.05) is 24.7 Å². The molecular formula is C16H19N2O+. The van der Waals surface area contributed by atoms with E-state index in [1.54, 1.807) is 0 Å². The van der Waals surface area contributed by atoms with E-state index in [2.05, 4.69) is 5.32 Å². The van der Waals surface area contributed by atoms with Crippen molar-refractivity contribution in [2.24, 2.45) is 0 Å². The fourth-order valence-electron chi connectivity index (χ4n) is 2.04. The molecule has 1 N–H and O–H groups in total. The first-order valence-electron chi connectivity index (χ1n) is 6.42. The van der Waals surface area contributed by atoms with E-state index in [0.29, 0.717) is 0 Å². The lowest BCUT2D eigenvalue weighted by Crippen LogP contribution is -2.43. The molecular weight excluding hydrogens is 236 g/mol. The first-order valence-corrected chi connectivity index (χ1v) is 6.42. The molecule has 0 saturated carbocycles. The van der Waals surface area contributed by atoms with Gasteiger partial charge in [-0.05, 0) is 25.0 Å². The van der Waals surface area contributed by atoms with Crippen LogP contribution in [-0.4, -0.2) is 5.91 Å². The molecule has 1 atom stereocenters. The number of rotatable bonds is 3. The quantitative estimate of drug-likeness (QED) is 0.841. The predicted octanol–water partition coefficient (Wildman–Crippen LogP) is 2.79. The van der Waals surface area contributed by atoms with Crippen molar-refractivity contribution < 1.29 is 9.36 Å². The first kappa shape index (κ1) is 13.3. The van der Waals surface area contributed by atoms with Crippen LogP contribution in [0.1, 0.15) is 24.1 Å². The number of benzene rings is 1. The van der Waals surface area contributed by atoms with Gasteiger partial charge in [0.1, 0.15) is 0 Å². The minimum absolute atomic E-state index is 0.00593. The number of aryl methyl sites for hydroxylation is 2. The Labute approximate surface area is 113 Å². The van der Waals surface area contributed by atoms with Gasteiger partial charge in [0.05, 0.1) is 0 Å². The molecule has 1 amide bonds. The number of amides is 1. The van der Waals surface area contributed by atoms with E-state index >= 15 is 0 Å². The minimum atomic E-state index is -0.236. The Morgan fingerprint density at radius 3 is 2.21 bits per heavy atom. The molecule has 0 spiro atoms. The predicted molar refractivity (Wildman–Crippen MR) is 75.9 cm³/mol. The Morgan fingerprint density at radius 1 is 1.05 bits per heavy atom. The van der Waals surface area contributed by atoms with E-state index in [1.165, 1.54) is 0 Å². The fraction of sp³-hybridized carbons (Fsp3) is 0.250. The van der Waals surface area contributed by atoms with Crippen molar-refractivity contribution >= 4 is 11.6 Å². The lowest BCUT2D eigenvalue weighted by Gasteiger charge is -2.13. The molecule has 0 unspecified atom stereocenters. The van der Waals surface area contributed by atoms with Gasteiger partial charge in [0.15, 0.2) is 12.4 Å². The molecule has 98 valence electrons. The lowest BCUT2D eigenvalue weighted by atomic mass is 10.1. The van der Waals surface area contributed by atoms with E-state index in [1.807, 2.05) is 74.1 Å².